The van der Waals surface area contributed by atoms with Crippen LogP contribution in [0.2, 0.25) is 0 Å². The van der Waals surface area contributed by atoms with Gasteiger partial charge >= 0.3 is 0 Å². The smallest absolute Gasteiger partial charge is 0.200 e. The summed E-state index contributed by atoms with van der Waals surface area (Å²) in [7, 11) is 0.810. The number of rotatable bonds is 11. The maximum Gasteiger partial charge on any atom is 0.200 e. The molecular formula is C72H28BF38P. The second-order valence-electron chi connectivity index (χ2n) is 25.5. The van der Waals surface area contributed by atoms with Crippen molar-refractivity contribution in [2.75, 3.05) is 12.3 Å². The summed E-state index contributed by atoms with van der Waals surface area (Å²) < 4.78 is 593. The van der Waals surface area contributed by atoms with Gasteiger partial charge in [-0.15, -0.1) is 23.3 Å². The Morgan fingerprint density at radius 3 is 0.580 bits per heavy atom. The number of fused-ring (bicyclic) bond motifs is 12. The van der Waals surface area contributed by atoms with E-state index in [4.69, 9.17) is 0 Å². The second-order valence-corrected chi connectivity index (χ2v) is 27.5. The van der Waals surface area contributed by atoms with E-state index in [1.807, 2.05) is 0 Å². The molecule has 40 heteroatoms. The van der Waals surface area contributed by atoms with Crippen LogP contribution < -0.4 is 0 Å². The van der Waals surface area contributed by atoms with Crippen LogP contribution in [0, 0.1) is 221 Å². The number of halogens is 38. The van der Waals surface area contributed by atoms with Crippen molar-refractivity contribution in [2.24, 2.45) is 0 Å². The summed E-state index contributed by atoms with van der Waals surface area (Å²) in [5, 5.41) is 0. The predicted octanol–water partition coefficient (Wildman–Crippen LogP) is 24.5. The van der Waals surface area contributed by atoms with E-state index in [9.17, 15) is 43.9 Å². The Kier molecular flexibility index (Phi) is 21.0. The first-order valence-corrected chi connectivity index (χ1v) is 33.2. The highest BCUT2D eigenvalue weighted by molar-refractivity contribution is 7.37. The summed E-state index contributed by atoms with van der Waals surface area (Å²) in [6, 6.07) is -2.48. The first-order chi connectivity index (χ1) is 52.4. The van der Waals surface area contributed by atoms with Gasteiger partial charge in [0.25, 0.3) is 0 Å². The quantitative estimate of drug-likeness (QED) is 0.0302. The average molecular weight is 1660 g/mol. The third-order valence-corrected chi connectivity index (χ3v) is 21.5. The molecule has 0 heterocycles. The van der Waals surface area contributed by atoms with Gasteiger partial charge in [-0.2, -0.15) is 0 Å². The first-order valence-electron chi connectivity index (χ1n) is 31.6. The standard InChI is InChI=1S/C52H8BF28.C12F10.C8H19P/c54-9-1-5-13(33(62)29(9)58)17-21(41(70)49(78)45(74)37(17)66)25(5)53(26-6-2-10(55)30(59)34(63)14(6)18-22(26)42(71)50(79)46(75)38(18)67,27-7-3-11(56)31(60)35(64)15(7)19-23(27)43(72)51(80)47(76)39(19)68)28-8-4-12(57)32(61)36(65)16(8)20-24(28)44(73)52(81)48(77)40(20)69;13-3-1(4(14)8(18)11(21)7(3)17)2-5(15)9(19)12(22)10(20)6(2)16;1-3-5-6-7-8-9-4-2/h1-4,25-28H;;9H,3-8H2,1-2H3/q-1;;/p+1. The first kappa shape index (κ1) is 81.5. The Morgan fingerprint density at radius 1 is 0.205 bits per heavy atom. The lowest BCUT2D eigenvalue weighted by molar-refractivity contribution is 0.370. The van der Waals surface area contributed by atoms with Gasteiger partial charge in [-0.3, -0.25) is 0 Å². The minimum atomic E-state index is -6.62. The van der Waals surface area contributed by atoms with Crippen molar-refractivity contribution in [3.05, 3.63) is 290 Å². The number of benzene rings is 10. The largest absolute Gasteiger partial charge is 0.204 e. The van der Waals surface area contributed by atoms with Crippen molar-refractivity contribution in [2.45, 2.75) is 62.8 Å². The highest BCUT2D eigenvalue weighted by Crippen LogP contribution is 2.74. The van der Waals surface area contributed by atoms with Crippen molar-refractivity contribution in [3.8, 4) is 55.6 Å². The molecule has 10 aromatic rings. The molecule has 112 heavy (non-hydrogen) atoms. The van der Waals surface area contributed by atoms with Crippen molar-refractivity contribution < 1.29 is 167 Å². The molecule has 0 amide bonds. The minimum Gasteiger partial charge on any atom is -0.204 e. The van der Waals surface area contributed by atoms with E-state index in [-0.39, 0.29) is 0 Å². The van der Waals surface area contributed by atoms with E-state index in [0.29, 0.717) is 0 Å². The van der Waals surface area contributed by atoms with Gasteiger partial charge in [0, 0.05) is 44.5 Å². The van der Waals surface area contributed by atoms with Gasteiger partial charge < -0.3 is 0 Å². The van der Waals surface area contributed by atoms with Crippen LogP contribution in [0.3, 0.4) is 0 Å². The maximum atomic E-state index is 17.7. The zero-order valence-corrected chi connectivity index (χ0v) is 55.5. The lowest BCUT2D eigenvalue weighted by Crippen LogP contribution is -2.59. The molecule has 14 rings (SSSR count). The molecule has 4 aliphatic carbocycles. The molecule has 4 aliphatic rings. The topological polar surface area (TPSA) is 0 Å². The summed E-state index contributed by atoms with van der Waals surface area (Å²) in [5.74, 6) is -130. The van der Waals surface area contributed by atoms with Crippen LogP contribution in [0.15, 0.2) is 24.3 Å². The van der Waals surface area contributed by atoms with E-state index in [0.717, 1.165) is 8.58 Å². The molecular weight excluding hydrogens is 1630 g/mol. The fraction of sp³-hybridized carbons (Fsp3) is 0.167. The summed E-state index contributed by atoms with van der Waals surface area (Å²) in [6.45, 7) is 4.57. The molecule has 10 aromatic carbocycles. The molecule has 5 atom stereocenters. The summed E-state index contributed by atoms with van der Waals surface area (Å²) in [6.07, 6.45) is 2.16. The van der Waals surface area contributed by atoms with E-state index in [1.165, 1.54) is 38.0 Å². The maximum absolute atomic E-state index is 17.7. The molecule has 0 saturated carbocycles. The zero-order valence-electron chi connectivity index (χ0n) is 54.4. The minimum absolute atomic E-state index is 0.621. The van der Waals surface area contributed by atoms with E-state index in [2.05, 4.69) is 13.8 Å². The van der Waals surface area contributed by atoms with Crippen LogP contribution >= 0.6 is 8.58 Å². The van der Waals surface area contributed by atoms with E-state index in [1.54, 1.807) is 0 Å². The van der Waals surface area contributed by atoms with Crippen LogP contribution in [0.5, 0.6) is 0 Å². The lowest BCUT2D eigenvalue weighted by Gasteiger charge is -2.60. The molecule has 0 N–H and O–H groups in total. The fourth-order valence-electron chi connectivity index (χ4n) is 15.9. The molecule has 0 bridgehead atoms. The van der Waals surface area contributed by atoms with Crippen LogP contribution in [-0.2, 0) is 0 Å². The number of unbranched alkanes of at least 4 members (excludes halogenated alkanes) is 3. The average Bonchev–Trinajstić information content (AvgIpc) is 1.48. The summed E-state index contributed by atoms with van der Waals surface area (Å²) >= 11 is 0. The van der Waals surface area contributed by atoms with Crippen LogP contribution in [-0.4, -0.2) is 18.5 Å². The predicted molar refractivity (Wildman–Crippen MR) is 320 cm³/mol. The van der Waals surface area contributed by atoms with Crippen molar-refractivity contribution >= 4 is 14.7 Å². The zero-order chi connectivity index (χ0) is 82.9. The molecule has 0 saturated heterocycles. The van der Waals surface area contributed by atoms with Crippen LogP contribution in [0.25, 0.3) is 55.6 Å². The Balaban J connectivity index is 0.000000312. The Labute approximate surface area is 600 Å². The third-order valence-electron chi connectivity index (χ3n) is 20.1. The lowest BCUT2D eigenvalue weighted by atomic mass is 9.01. The van der Waals surface area contributed by atoms with Gasteiger partial charge in [0.2, 0.25) is 11.6 Å². The molecule has 0 fully saturated rings. The normalized spacial score (nSPS) is 15.9. The fourth-order valence-corrected chi connectivity index (χ4v) is 16.9. The molecule has 590 valence electrons. The van der Waals surface area contributed by atoms with Crippen molar-refractivity contribution in [1.29, 1.82) is 0 Å². The Bertz CT molecular complexity index is 5130. The Morgan fingerprint density at radius 2 is 0.384 bits per heavy atom. The highest BCUT2D eigenvalue weighted by atomic mass is 31.1. The number of hydrogen-bond donors (Lipinski definition) is 0. The Hall–Kier alpha value is -9.97. The summed E-state index contributed by atoms with van der Waals surface area (Å²) in [4.78, 5) is 0. The summed E-state index contributed by atoms with van der Waals surface area (Å²) in [5.41, 5.74) is -42.5. The highest BCUT2D eigenvalue weighted by Gasteiger charge is 2.66. The van der Waals surface area contributed by atoms with Crippen LogP contribution in [0.1, 0.15) is 107 Å². The van der Waals surface area contributed by atoms with Gasteiger partial charge in [0.05, 0.1) is 29.6 Å². The van der Waals surface area contributed by atoms with Gasteiger partial charge in [0.15, 0.2) is 209 Å². The van der Waals surface area contributed by atoms with Gasteiger partial charge in [0.1, 0.15) is 0 Å². The van der Waals surface area contributed by atoms with Crippen molar-refractivity contribution in [3.63, 3.8) is 0 Å². The molecule has 0 nitrogen and oxygen atoms in total. The molecule has 0 aliphatic heterocycles. The van der Waals surface area contributed by atoms with Crippen LogP contribution in [0.4, 0.5) is 167 Å². The molecule has 0 radical (unpaired) electrons. The van der Waals surface area contributed by atoms with Gasteiger partial charge in [-0.1, -0.05) is 42.0 Å². The van der Waals surface area contributed by atoms with Crippen molar-refractivity contribution in [1.82, 2.24) is 0 Å². The molecule has 0 aromatic heterocycles. The van der Waals surface area contributed by atoms with E-state index < -0.39 is 375 Å². The third kappa shape index (κ3) is 11.2. The second kappa shape index (κ2) is 28.9. The van der Waals surface area contributed by atoms with Gasteiger partial charge in [-0.05, 0) is 74.9 Å². The van der Waals surface area contributed by atoms with Gasteiger partial charge in [-0.25, -0.2) is 167 Å². The number of hydrogen-bond acceptors (Lipinski definition) is 0. The molecule has 5 unspecified atom stereocenters. The molecule has 0 spiro atoms. The van der Waals surface area contributed by atoms with E-state index >= 15 is 123 Å². The monoisotopic (exact) mass is 1660 g/mol. The SMILES string of the molecule is CCCCCC[PH2+]CC.Fc1c(F)c(F)c(-c2c(F)c(F)c(F)c(F)c2F)c(F)c1F.Fc1cc2c(c(F)c1F)-c1c(F)c(F)c(F)c(F)c1C2[B-](C1c2cc(F)c(F)c(F)c2-c2c(F)c(F)c(F)c(F)c21)(C1c2cc(F)c(F)c(F)c2-c2c(F)c(F)c(F)c(F)c21)C1c2cc(F)c(F)c(F)c2-c2c(F)c(F)c(F)c(F)c21.